The standard InChI is InChI=1S/C21H21ClN2O/c1-5-19(4)16(22)10-13(12(2)3)17-20(19,11-23)21(17)14-8-6-7-9-15(14)24-18(21)25/h5-9,13,16-17H,1-2,10H2,3-4H3,(H,24,25). The lowest BCUT2D eigenvalue weighted by Gasteiger charge is -2.43. The summed E-state index contributed by atoms with van der Waals surface area (Å²) in [6.07, 6.45) is 2.49. The Labute approximate surface area is 153 Å². The van der Waals surface area contributed by atoms with Gasteiger partial charge in [0.25, 0.3) is 0 Å². The number of carbonyl (C=O) groups excluding carboxylic acids is 1. The predicted molar refractivity (Wildman–Crippen MR) is 99.2 cm³/mol. The van der Waals surface area contributed by atoms with E-state index in [1.165, 1.54) is 0 Å². The number of benzene rings is 1. The van der Waals surface area contributed by atoms with Crippen molar-refractivity contribution < 1.29 is 4.79 Å². The van der Waals surface area contributed by atoms with E-state index < -0.39 is 16.2 Å². The van der Waals surface area contributed by atoms with Crippen LogP contribution >= 0.6 is 11.6 Å². The van der Waals surface area contributed by atoms with E-state index in [1.54, 1.807) is 6.08 Å². The molecule has 4 heteroatoms. The third-order valence-corrected chi connectivity index (χ3v) is 7.66. The van der Waals surface area contributed by atoms with Crippen LogP contribution in [0.4, 0.5) is 5.69 Å². The number of fused-ring (bicyclic) bond motifs is 5. The number of alkyl halides is 1. The quantitative estimate of drug-likeness (QED) is 0.633. The molecule has 0 saturated heterocycles. The maximum absolute atomic E-state index is 13.3. The maximum atomic E-state index is 13.3. The topological polar surface area (TPSA) is 52.9 Å². The van der Waals surface area contributed by atoms with Gasteiger partial charge in [0, 0.05) is 22.4 Å². The molecule has 1 aliphatic heterocycles. The first-order valence-electron chi connectivity index (χ1n) is 8.58. The van der Waals surface area contributed by atoms with Crippen molar-refractivity contribution in [3.63, 3.8) is 0 Å². The van der Waals surface area contributed by atoms with Crippen LogP contribution in [0.2, 0.25) is 0 Å². The van der Waals surface area contributed by atoms with Gasteiger partial charge in [-0.15, -0.1) is 18.2 Å². The highest BCUT2D eigenvalue weighted by Gasteiger charge is 2.91. The average molecular weight is 353 g/mol. The van der Waals surface area contributed by atoms with Gasteiger partial charge in [-0.05, 0) is 30.9 Å². The molecule has 2 aliphatic carbocycles. The van der Waals surface area contributed by atoms with E-state index in [0.29, 0.717) is 6.42 Å². The zero-order chi connectivity index (χ0) is 18.2. The van der Waals surface area contributed by atoms with Crippen molar-refractivity contribution in [2.45, 2.75) is 31.1 Å². The molecule has 1 N–H and O–H groups in total. The number of hydrogen-bond acceptors (Lipinski definition) is 2. The number of nitrogens with one attached hydrogen (secondary N) is 1. The first-order chi connectivity index (χ1) is 11.8. The number of rotatable bonds is 2. The molecule has 3 nitrogen and oxygen atoms in total. The number of hydrogen-bond donors (Lipinski definition) is 1. The van der Waals surface area contributed by atoms with E-state index in [4.69, 9.17) is 11.6 Å². The van der Waals surface area contributed by atoms with E-state index >= 15 is 0 Å². The highest BCUT2D eigenvalue weighted by atomic mass is 35.5. The third-order valence-electron chi connectivity index (χ3n) is 7.03. The van der Waals surface area contributed by atoms with Gasteiger partial charge in [-0.1, -0.05) is 43.4 Å². The number of allylic oxidation sites excluding steroid dienone is 2. The fourth-order valence-corrected chi connectivity index (χ4v) is 6.20. The fraction of sp³-hybridized carbons (Fsp3) is 0.429. The summed E-state index contributed by atoms with van der Waals surface area (Å²) >= 11 is 6.79. The predicted octanol–water partition coefficient (Wildman–Crippen LogP) is 4.41. The van der Waals surface area contributed by atoms with E-state index in [2.05, 4.69) is 24.5 Å². The number of para-hydroxylation sites is 1. The molecule has 0 radical (unpaired) electrons. The Kier molecular flexibility index (Phi) is 3.13. The molecule has 1 aromatic rings. The first kappa shape index (κ1) is 16.4. The summed E-state index contributed by atoms with van der Waals surface area (Å²) < 4.78 is 0. The zero-order valence-corrected chi connectivity index (χ0v) is 15.2. The van der Waals surface area contributed by atoms with Gasteiger partial charge in [0.05, 0.1) is 11.5 Å². The minimum absolute atomic E-state index is 0.0343. The van der Waals surface area contributed by atoms with E-state index in [9.17, 15) is 10.1 Å². The molecule has 2 fully saturated rings. The Morgan fingerprint density at radius 3 is 2.76 bits per heavy atom. The largest absolute Gasteiger partial charge is 0.325 e. The van der Waals surface area contributed by atoms with Gasteiger partial charge in [-0.25, -0.2) is 0 Å². The van der Waals surface area contributed by atoms with Gasteiger partial charge >= 0.3 is 0 Å². The van der Waals surface area contributed by atoms with Crippen LogP contribution in [0.25, 0.3) is 0 Å². The van der Waals surface area contributed by atoms with Gasteiger partial charge in [0.15, 0.2) is 0 Å². The number of anilines is 1. The van der Waals surface area contributed by atoms with Crippen LogP contribution in [0.15, 0.2) is 49.1 Å². The lowest BCUT2D eigenvalue weighted by atomic mass is 9.61. The van der Waals surface area contributed by atoms with Crippen molar-refractivity contribution in [3.05, 3.63) is 54.6 Å². The average Bonchev–Trinajstić information content (AvgIpc) is 3.13. The van der Waals surface area contributed by atoms with Gasteiger partial charge in [-0.3, -0.25) is 4.79 Å². The number of nitriles is 1. The minimum atomic E-state index is -0.910. The molecular weight excluding hydrogens is 332 g/mol. The van der Waals surface area contributed by atoms with Crippen molar-refractivity contribution >= 4 is 23.2 Å². The molecule has 6 atom stereocenters. The van der Waals surface area contributed by atoms with E-state index in [1.807, 2.05) is 38.1 Å². The van der Waals surface area contributed by atoms with Crippen molar-refractivity contribution in [2.24, 2.45) is 22.7 Å². The fourth-order valence-electron chi connectivity index (χ4n) is 5.75. The lowest BCUT2D eigenvalue weighted by molar-refractivity contribution is -0.119. The summed E-state index contributed by atoms with van der Waals surface area (Å²) in [5.41, 5.74) is 0.247. The lowest BCUT2D eigenvalue weighted by Crippen LogP contribution is -2.44. The Bertz CT molecular complexity index is 871. The second kappa shape index (κ2) is 4.77. The third kappa shape index (κ3) is 1.48. The van der Waals surface area contributed by atoms with Crippen molar-refractivity contribution in [2.75, 3.05) is 5.32 Å². The normalized spacial score (nSPS) is 43.6. The molecule has 6 unspecified atom stereocenters. The molecule has 3 aliphatic rings. The number of carbonyl (C=O) groups is 1. The molecule has 4 rings (SSSR count). The number of nitrogens with zero attached hydrogens (tertiary/aromatic N) is 1. The van der Waals surface area contributed by atoms with Crippen LogP contribution in [-0.4, -0.2) is 11.3 Å². The van der Waals surface area contributed by atoms with Gasteiger partial charge in [0.1, 0.15) is 5.41 Å². The Hall–Kier alpha value is -2.05. The van der Waals surface area contributed by atoms with E-state index in [-0.39, 0.29) is 23.1 Å². The van der Waals surface area contributed by atoms with Crippen LogP contribution in [0.5, 0.6) is 0 Å². The maximum Gasteiger partial charge on any atom is 0.237 e. The zero-order valence-electron chi connectivity index (χ0n) is 14.5. The molecule has 0 aromatic heterocycles. The smallest absolute Gasteiger partial charge is 0.237 e. The minimum Gasteiger partial charge on any atom is -0.325 e. The van der Waals surface area contributed by atoms with Gasteiger partial charge in [0.2, 0.25) is 5.91 Å². The Morgan fingerprint density at radius 2 is 2.16 bits per heavy atom. The summed E-state index contributed by atoms with van der Waals surface area (Å²) in [7, 11) is 0. The van der Waals surface area contributed by atoms with Crippen LogP contribution in [0.1, 0.15) is 25.8 Å². The molecule has 0 bridgehead atoms. The second-order valence-corrected chi connectivity index (χ2v) is 8.37. The summed E-state index contributed by atoms with van der Waals surface area (Å²) in [6, 6.07) is 10.2. The SMILES string of the molecule is C=CC1(C)C(Cl)CC(C(=C)C)C2C3(C(=O)Nc4ccccc43)C21C#N. The highest BCUT2D eigenvalue weighted by Crippen LogP contribution is 2.84. The van der Waals surface area contributed by atoms with Gasteiger partial charge < -0.3 is 5.32 Å². The molecule has 1 amide bonds. The second-order valence-electron chi connectivity index (χ2n) is 7.85. The van der Waals surface area contributed by atoms with Gasteiger partial charge in [-0.2, -0.15) is 5.26 Å². The van der Waals surface area contributed by atoms with Crippen LogP contribution in [0, 0.1) is 34.0 Å². The summed E-state index contributed by atoms with van der Waals surface area (Å²) in [5.74, 6) is -0.193. The van der Waals surface area contributed by atoms with Crippen molar-refractivity contribution in [1.29, 1.82) is 5.26 Å². The van der Waals surface area contributed by atoms with Crippen LogP contribution in [0.3, 0.4) is 0 Å². The molecule has 1 heterocycles. The molecule has 25 heavy (non-hydrogen) atoms. The molecule has 1 aromatic carbocycles. The summed E-state index contributed by atoms with van der Waals surface area (Å²) in [4.78, 5) is 13.3. The van der Waals surface area contributed by atoms with Crippen LogP contribution < -0.4 is 5.32 Å². The number of halogens is 1. The Morgan fingerprint density at radius 1 is 1.48 bits per heavy atom. The highest BCUT2D eigenvalue weighted by molar-refractivity contribution is 6.22. The first-order valence-corrected chi connectivity index (χ1v) is 9.01. The Balaban J connectivity index is 2.05. The molecular formula is C21H21ClN2O. The summed E-state index contributed by atoms with van der Waals surface area (Å²) in [6.45, 7) is 12.1. The molecule has 1 spiro atoms. The summed E-state index contributed by atoms with van der Waals surface area (Å²) in [5, 5.41) is 13.1. The van der Waals surface area contributed by atoms with Crippen molar-refractivity contribution in [1.82, 2.24) is 0 Å². The van der Waals surface area contributed by atoms with E-state index in [0.717, 1.165) is 16.8 Å². The number of amides is 1. The molecule has 128 valence electrons. The van der Waals surface area contributed by atoms with Crippen LogP contribution in [-0.2, 0) is 10.2 Å². The monoisotopic (exact) mass is 352 g/mol. The molecule has 2 saturated carbocycles. The van der Waals surface area contributed by atoms with Crippen molar-refractivity contribution in [3.8, 4) is 6.07 Å².